The van der Waals surface area contributed by atoms with Crippen molar-refractivity contribution >= 4 is 23.4 Å². The lowest BCUT2D eigenvalue weighted by Gasteiger charge is -2.37. The Kier molecular flexibility index (Phi) is 5.62. The number of piperazine rings is 1. The molecule has 0 N–H and O–H groups in total. The van der Waals surface area contributed by atoms with Crippen molar-refractivity contribution < 1.29 is 9.59 Å². The van der Waals surface area contributed by atoms with E-state index in [9.17, 15) is 9.59 Å². The van der Waals surface area contributed by atoms with Crippen molar-refractivity contribution in [3.05, 3.63) is 30.1 Å². The van der Waals surface area contributed by atoms with E-state index in [1.165, 1.54) is 5.52 Å². The summed E-state index contributed by atoms with van der Waals surface area (Å²) in [5.74, 6) is 1.49. The van der Waals surface area contributed by atoms with Crippen LogP contribution in [0.4, 0.5) is 0 Å². The Morgan fingerprint density at radius 3 is 2.50 bits per heavy atom. The maximum absolute atomic E-state index is 12.8. The van der Waals surface area contributed by atoms with E-state index in [-0.39, 0.29) is 11.8 Å². The van der Waals surface area contributed by atoms with E-state index in [4.69, 9.17) is 4.98 Å². The number of piperidine rings is 1. The summed E-state index contributed by atoms with van der Waals surface area (Å²) in [5, 5.41) is 0. The molecule has 4 rings (SSSR count). The van der Waals surface area contributed by atoms with E-state index in [1.54, 1.807) is 4.90 Å². The Labute approximate surface area is 165 Å². The first-order valence-electron chi connectivity index (χ1n) is 10.3. The molecule has 2 aromatic rings. The predicted molar refractivity (Wildman–Crippen MR) is 108 cm³/mol. The molecule has 0 bridgehead atoms. The summed E-state index contributed by atoms with van der Waals surface area (Å²) >= 11 is 0. The monoisotopic (exact) mass is 383 g/mol. The molecule has 0 unspecified atom stereocenters. The number of fused-ring (bicyclic) bond motifs is 1. The number of nitrogens with zero attached hydrogens (tertiary/aromatic N) is 5. The largest absolute Gasteiger partial charge is 0.342 e. The zero-order valence-corrected chi connectivity index (χ0v) is 16.6. The third-order valence-electron chi connectivity index (χ3n) is 6.13. The number of hydrogen-bond donors (Lipinski definition) is 0. The van der Waals surface area contributed by atoms with Crippen LogP contribution in [-0.4, -0.2) is 75.8 Å². The number of carbonyl (C=O) groups is 2. The lowest BCUT2D eigenvalue weighted by atomic mass is 9.95. The highest BCUT2D eigenvalue weighted by Crippen LogP contribution is 2.23. The molecule has 2 aliphatic rings. The number of para-hydroxylation sites is 2. The zero-order valence-electron chi connectivity index (χ0n) is 16.6. The van der Waals surface area contributed by atoms with E-state index in [0.717, 1.165) is 56.8 Å². The molecule has 150 valence electrons. The van der Waals surface area contributed by atoms with Gasteiger partial charge in [0, 0.05) is 38.6 Å². The molecular formula is C21H29N5O2. The second-order valence-electron chi connectivity index (χ2n) is 7.78. The van der Waals surface area contributed by atoms with Gasteiger partial charge >= 0.3 is 0 Å². The van der Waals surface area contributed by atoms with Crippen LogP contribution in [0.15, 0.2) is 24.3 Å². The molecule has 0 saturated carbocycles. The standard InChI is InChI=1S/C21H29N5O2/c1-2-26-19-6-4-3-5-18(19)22-20(26)15-23-9-7-17(8-10-23)21(28)25-13-11-24(16-27)12-14-25/h3-6,16-17H,2,7-15H2,1H3. The van der Waals surface area contributed by atoms with Gasteiger partial charge in [0.15, 0.2) is 0 Å². The fourth-order valence-electron chi connectivity index (χ4n) is 4.44. The minimum atomic E-state index is 0.115. The number of imidazole rings is 1. The Bertz CT molecular complexity index is 832. The van der Waals surface area contributed by atoms with Crippen LogP contribution in [0.5, 0.6) is 0 Å². The van der Waals surface area contributed by atoms with Crippen LogP contribution < -0.4 is 0 Å². The first-order chi connectivity index (χ1) is 13.7. The molecule has 0 radical (unpaired) electrons. The number of hydrogen-bond acceptors (Lipinski definition) is 4. The summed E-state index contributed by atoms with van der Waals surface area (Å²) in [6.45, 7) is 8.40. The highest BCUT2D eigenvalue weighted by Gasteiger charge is 2.30. The van der Waals surface area contributed by atoms with E-state index in [1.807, 2.05) is 11.0 Å². The van der Waals surface area contributed by atoms with Gasteiger partial charge in [-0.2, -0.15) is 0 Å². The van der Waals surface area contributed by atoms with Crippen LogP contribution in [0.2, 0.25) is 0 Å². The molecule has 7 nitrogen and oxygen atoms in total. The average molecular weight is 383 g/mol. The maximum Gasteiger partial charge on any atom is 0.225 e. The van der Waals surface area contributed by atoms with Gasteiger partial charge in [0.25, 0.3) is 0 Å². The van der Waals surface area contributed by atoms with Crippen LogP contribution >= 0.6 is 0 Å². The Morgan fingerprint density at radius 1 is 1.11 bits per heavy atom. The zero-order chi connectivity index (χ0) is 19.5. The minimum Gasteiger partial charge on any atom is -0.342 e. The second-order valence-corrected chi connectivity index (χ2v) is 7.78. The average Bonchev–Trinajstić information content (AvgIpc) is 3.10. The molecule has 0 atom stereocenters. The molecule has 2 amide bonds. The lowest BCUT2D eigenvalue weighted by molar-refractivity contribution is -0.140. The third kappa shape index (κ3) is 3.76. The van der Waals surface area contributed by atoms with Gasteiger partial charge in [0.1, 0.15) is 5.82 Å². The van der Waals surface area contributed by atoms with Crippen molar-refractivity contribution in [2.75, 3.05) is 39.3 Å². The van der Waals surface area contributed by atoms with Gasteiger partial charge in [-0.3, -0.25) is 14.5 Å². The number of rotatable bonds is 5. The normalized spacial score (nSPS) is 19.3. The Morgan fingerprint density at radius 2 is 1.82 bits per heavy atom. The summed E-state index contributed by atoms with van der Waals surface area (Å²) < 4.78 is 2.29. The summed E-state index contributed by atoms with van der Waals surface area (Å²) in [7, 11) is 0. The van der Waals surface area contributed by atoms with Crippen molar-refractivity contribution in [3.63, 3.8) is 0 Å². The highest BCUT2D eigenvalue weighted by molar-refractivity contribution is 5.79. The van der Waals surface area contributed by atoms with Crippen LogP contribution in [0, 0.1) is 5.92 Å². The molecule has 2 aliphatic heterocycles. The summed E-state index contributed by atoms with van der Waals surface area (Å²) in [6.07, 6.45) is 2.68. The molecule has 3 heterocycles. The Hall–Kier alpha value is -2.41. The van der Waals surface area contributed by atoms with Crippen molar-refractivity contribution in [2.45, 2.75) is 32.9 Å². The van der Waals surface area contributed by atoms with Gasteiger partial charge in [-0.05, 0) is 45.0 Å². The van der Waals surface area contributed by atoms with Crippen molar-refractivity contribution in [3.8, 4) is 0 Å². The van der Waals surface area contributed by atoms with E-state index < -0.39 is 0 Å². The van der Waals surface area contributed by atoms with Crippen molar-refractivity contribution in [2.24, 2.45) is 5.92 Å². The molecule has 2 saturated heterocycles. The van der Waals surface area contributed by atoms with Gasteiger partial charge in [-0.15, -0.1) is 0 Å². The summed E-state index contributed by atoms with van der Waals surface area (Å²) in [6, 6.07) is 8.29. The summed E-state index contributed by atoms with van der Waals surface area (Å²) in [4.78, 5) is 34.6. The number of benzene rings is 1. The molecule has 1 aromatic heterocycles. The number of aryl methyl sites for hydroxylation is 1. The van der Waals surface area contributed by atoms with Gasteiger partial charge in [0.2, 0.25) is 12.3 Å². The molecule has 0 spiro atoms. The highest BCUT2D eigenvalue weighted by atomic mass is 16.2. The number of aromatic nitrogens is 2. The quantitative estimate of drug-likeness (QED) is 0.736. The lowest BCUT2D eigenvalue weighted by Crippen LogP contribution is -2.51. The molecule has 7 heteroatoms. The Balaban J connectivity index is 1.33. The number of likely N-dealkylation sites (tertiary alicyclic amines) is 1. The number of amides is 2. The van der Waals surface area contributed by atoms with E-state index >= 15 is 0 Å². The van der Waals surface area contributed by atoms with Crippen LogP contribution in [-0.2, 0) is 22.7 Å². The molecule has 2 fully saturated rings. The molecule has 1 aromatic carbocycles. The fraction of sp³-hybridized carbons (Fsp3) is 0.571. The molecular weight excluding hydrogens is 354 g/mol. The van der Waals surface area contributed by atoms with Gasteiger partial charge in [0.05, 0.1) is 17.6 Å². The first-order valence-corrected chi connectivity index (χ1v) is 10.3. The maximum atomic E-state index is 12.8. The van der Waals surface area contributed by atoms with Gasteiger partial charge in [-0.25, -0.2) is 4.98 Å². The van der Waals surface area contributed by atoms with E-state index in [2.05, 4.69) is 34.6 Å². The van der Waals surface area contributed by atoms with Crippen LogP contribution in [0.25, 0.3) is 11.0 Å². The first kappa shape index (κ1) is 18.9. The van der Waals surface area contributed by atoms with Gasteiger partial charge in [-0.1, -0.05) is 12.1 Å². The van der Waals surface area contributed by atoms with Gasteiger partial charge < -0.3 is 14.4 Å². The summed E-state index contributed by atoms with van der Waals surface area (Å²) in [5.41, 5.74) is 2.25. The van der Waals surface area contributed by atoms with Crippen LogP contribution in [0.1, 0.15) is 25.6 Å². The molecule has 28 heavy (non-hydrogen) atoms. The SMILES string of the molecule is CCn1c(CN2CCC(C(=O)N3CCN(C=O)CC3)CC2)nc2ccccc21. The minimum absolute atomic E-state index is 0.115. The number of carbonyl (C=O) groups excluding carboxylic acids is 2. The second kappa shape index (κ2) is 8.31. The third-order valence-corrected chi connectivity index (χ3v) is 6.13. The molecule has 0 aliphatic carbocycles. The van der Waals surface area contributed by atoms with Crippen LogP contribution in [0.3, 0.4) is 0 Å². The predicted octanol–water partition coefficient (Wildman–Crippen LogP) is 1.57. The topological polar surface area (TPSA) is 61.7 Å². The fourth-order valence-corrected chi connectivity index (χ4v) is 4.44. The van der Waals surface area contributed by atoms with Crippen molar-refractivity contribution in [1.29, 1.82) is 0 Å². The van der Waals surface area contributed by atoms with E-state index in [0.29, 0.717) is 26.2 Å². The van der Waals surface area contributed by atoms with Crippen molar-refractivity contribution in [1.82, 2.24) is 24.3 Å². The smallest absolute Gasteiger partial charge is 0.225 e.